The van der Waals surface area contributed by atoms with Crippen LogP contribution in [-0.2, 0) is 0 Å². The number of pyridine rings is 1. The third-order valence-corrected chi connectivity index (χ3v) is 5.83. The summed E-state index contributed by atoms with van der Waals surface area (Å²) in [6, 6.07) is 8.00. The number of anilines is 1. The first-order valence-corrected chi connectivity index (χ1v) is 11.2. The number of ether oxygens (including phenoxy) is 1. The van der Waals surface area contributed by atoms with E-state index in [-0.39, 0.29) is 6.61 Å². The van der Waals surface area contributed by atoms with Gasteiger partial charge < -0.3 is 20.9 Å². The van der Waals surface area contributed by atoms with Crippen LogP contribution in [0.5, 0.6) is 5.75 Å². The Kier molecular flexibility index (Phi) is 7.25. The van der Waals surface area contributed by atoms with Crippen LogP contribution in [0.25, 0.3) is 21.1 Å². The predicted octanol–water partition coefficient (Wildman–Crippen LogP) is 4.10. The van der Waals surface area contributed by atoms with E-state index >= 15 is 0 Å². The molecule has 0 spiro atoms. The van der Waals surface area contributed by atoms with E-state index < -0.39 is 12.1 Å². The molecule has 3 rings (SSSR count). The molecule has 31 heavy (non-hydrogen) atoms. The molecule has 3 aromatic rings. The number of aromatic nitrogens is 3. The molecule has 1 aromatic carbocycles. The molecule has 2 atom stereocenters. The van der Waals surface area contributed by atoms with Crippen molar-refractivity contribution >= 4 is 17.2 Å². The maximum absolute atomic E-state index is 9.58. The first kappa shape index (κ1) is 23.1. The van der Waals surface area contributed by atoms with Crippen molar-refractivity contribution < 1.29 is 9.84 Å². The molecule has 0 saturated carbocycles. The van der Waals surface area contributed by atoms with E-state index in [1.165, 1.54) is 0 Å². The second-order valence-corrected chi connectivity index (χ2v) is 9.23. The monoisotopic (exact) mass is 441 g/mol. The van der Waals surface area contributed by atoms with E-state index in [2.05, 4.69) is 34.3 Å². The molecule has 4 N–H and O–H groups in total. The molecule has 2 heterocycles. The molecule has 0 fully saturated rings. The van der Waals surface area contributed by atoms with Gasteiger partial charge in [0.15, 0.2) is 0 Å². The summed E-state index contributed by atoms with van der Waals surface area (Å²) in [7, 11) is 0. The molecular weight excluding hydrogens is 410 g/mol. The Bertz CT molecular complexity index is 1030. The summed E-state index contributed by atoms with van der Waals surface area (Å²) in [6.45, 7) is 12.1. The number of hydrogen-bond acceptors (Lipinski definition) is 8. The summed E-state index contributed by atoms with van der Waals surface area (Å²) in [5.41, 5.74) is 10.8. The van der Waals surface area contributed by atoms with E-state index in [1.807, 2.05) is 45.0 Å². The molecular formula is C23H31N5O2S. The molecule has 166 valence electrons. The van der Waals surface area contributed by atoms with Gasteiger partial charge in [0.05, 0.1) is 12.1 Å². The average Bonchev–Trinajstić information content (AvgIpc) is 3.16. The van der Waals surface area contributed by atoms with Gasteiger partial charge in [-0.2, -0.15) is 0 Å². The lowest BCUT2D eigenvalue weighted by Crippen LogP contribution is -2.38. The average molecular weight is 442 g/mol. The second kappa shape index (κ2) is 9.72. The number of rotatable bonds is 8. The number of nitrogens with one attached hydrogen (secondary N) is 1. The topological polar surface area (TPSA) is 106 Å². The quantitative estimate of drug-likeness (QED) is 0.483. The summed E-state index contributed by atoms with van der Waals surface area (Å²) < 4.78 is 5.88. The standard InChI is InChI=1S/C23H31N5O2S/c1-12(2)25-20-10-18(9-15(5)26-20)23-28-27-22(31-23)17-7-13(3)21(14(4)8-17)30-11-19(24)16(6)29/h7-10,12,16,19,29H,11,24H2,1-6H3,(H,25,26)/t16-,19+/m1/s1. The molecule has 0 aliphatic rings. The minimum Gasteiger partial charge on any atom is -0.491 e. The number of benzene rings is 1. The normalized spacial score (nSPS) is 13.3. The molecule has 0 amide bonds. The Labute approximate surface area is 187 Å². The van der Waals surface area contributed by atoms with Gasteiger partial charge in [-0.1, -0.05) is 11.3 Å². The second-order valence-electron chi connectivity index (χ2n) is 8.25. The summed E-state index contributed by atoms with van der Waals surface area (Å²) in [4.78, 5) is 4.54. The van der Waals surface area contributed by atoms with Crippen LogP contribution in [0.4, 0.5) is 5.82 Å². The van der Waals surface area contributed by atoms with Crippen LogP contribution in [0.3, 0.4) is 0 Å². The maximum atomic E-state index is 9.58. The summed E-state index contributed by atoms with van der Waals surface area (Å²) in [5.74, 6) is 1.63. The van der Waals surface area contributed by atoms with Crippen LogP contribution in [0.1, 0.15) is 37.6 Å². The van der Waals surface area contributed by atoms with Crippen LogP contribution in [0, 0.1) is 20.8 Å². The van der Waals surface area contributed by atoms with Crippen LogP contribution >= 0.6 is 11.3 Å². The van der Waals surface area contributed by atoms with Gasteiger partial charge in [-0.15, -0.1) is 10.2 Å². The number of aliphatic hydroxyl groups is 1. The zero-order valence-electron chi connectivity index (χ0n) is 18.9. The van der Waals surface area contributed by atoms with E-state index in [0.717, 1.165) is 49.5 Å². The van der Waals surface area contributed by atoms with Crippen molar-refractivity contribution in [1.29, 1.82) is 0 Å². The van der Waals surface area contributed by atoms with Crippen molar-refractivity contribution in [2.75, 3.05) is 11.9 Å². The van der Waals surface area contributed by atoms with Crippen LogP contribution in [0.2, 0.25) is 0 Å². The fourth-order valence-corrected chi connectivity index (χ4v) is 4.06. The van der Waals surface area contributed by atoms with Crippen LogP contribution in [0.15, 0.2) is 24.3 Å². The van der Waals surface area contributed by atoms with Gasteiger partial charge in [-0.25, -0.2) is 4.98 Å². The molecule has 7 nitrogen and oxygen atoms in total. The number of nitrogens with two attached hydrogens (primary N) is 1. The highest BCUT2D eigenvalue weighted by Crippen LogP contribution is 2.35. The highest BCUT2D eigenvalue weighted by Gasteiger charge is 2.16. The Balaban J connectivity index is 1.85. The first-order chi connectivity index (χ1) is 14.6. The minimum atomic E-state index is -0.618. The zero-order valence-corrected chi connectivity index (χ0v) is 19.7. The highest BCUT2D eigenvalue weighted by atomic mass is 32.1. The Hall–Kier alpha value is -2.55. The van der Waals surface area contributed by atoms with Crippen LogP contribution in [-0.4, -0.2) is 45.1 Å². The molecule has 0 bridgehead atoms. The molecule has 0 radical (unpaired) electrons. The fraction of sp³-hybridized carbons (Fsp3) is 0.435. The van der Waals surface area contributed by atoms with Crippen molar-refractivity contribution in [3.63, 3.8) is 0 Å². The lowest BCUT2D eigenvalue weighted by molar-refractivity contribution is 0.130. The third-order valence-electron chi connectivity index (χ3n) is 4.81. The van der Waals surface area contributed by atoms with Crippen LogP contribution < -0.4 is 15.8 Å². The molecule has 0 unspecified atom stereocenters. The maximum Gasteiger partial charge on any atom is 0.148 e. The van der Waals surface area contributed by atoms with Crippen molar-refractivity contribution in [3.05, 3.63) is 41.1 Å². The summed E-state index contributed by atoms with van der Waals surface area (Å²) in [6.07, 6.45) is -0.618. The summed E-state index contributed by atoms with van der Waals surface area (Å²) >= 11 is 1.55. The molecule has 0 aliphatic carbocycles. The van der Waals surface area contributed by atoms with Gasteiger partial charge in [-0.3, -0.25) is 0 Å². The number of aryl methyl sites for hydroxylation is 3. The Morgan fingerprint density at radius 1 is 1.00 bits per heavy atom. The Morgan fingerprint density at radius 3 is 2.13 bits per heavy atom. The Morgan fingerprint density at radius 2 is 1.58 bits per heavy atom. The minimum absolute atomic E-state index is 0.260. The van der Waals surface area contributed by atoms with Gasteiger partial charge in [0.1, 0.15) is 28.2 Å². The lowest BCUT2D eigenvalue weighted by atomic mass is 10.1. The first-order valence-electron chi connectivity index (χ1n) is 10.4. The van der Waals surface area contributed by atoms with Gasteiger partial charge in [-0.05, 0) is 76.9 Å². The molecule has 0 aliphatic heterocycles. The van der Waals surface area contributed by atoms with Gasteiger partial charge in [0, 0.05) is 22.9 Å². The van der Waals surface area contributed by atoms with Gasteiger partial charge >= 0.3 is 0 Å². The van der Waals surface area contributed by atoms with Gasteiger partial charge in [0.25, 0.3) is 0 Å². The van der Waals surface area contributed by atoms with E-state index in [0.29, 0.717) is 6.04 Å². The van der Waals surface area contributed by atoms with E-state index in [4.69, 9.17) is 10.5 Å². The largest absolute Gasteiger partial charge is 0.491 e. The van der Waals surface area contributed by atoms with Gasteiger partial charge in [0.2, 0.25) is 0 Å². The SMILES string of the molecule is Cc1cc(-c2nnc(-c3cc(C)c(OC[C@H](N)[C@@H](C)O)c(C)c3)s2)cc(NC(C)C)n1. The van der Waals surface area contributed by atoms with Crippen molar-refractivity contribution in [2.24, 2.45) is 5.73 Å². The summed E-state index contributed by atoms with van der Waals surface area (Å²) in [5, 5.41) is 23.5. The third kappa shape index (κ3) is 5.78. The van der Waals surface area contributed by atoms with Crippen molar-refractivity contribution in [3.8, 4) is 26.9 Å². The smallest absolute Gasteiger partial charge is 0.148 e. The predicted molar refractivity (Wildman–Crippen MR) is 127 cm³/mol. The van der Waals surface area contributed by atoms with E-state index in [9.17, 15) is 5.11 Å². The van der Waals surface area contributed by atoms with Crippen molar-refractivity contribution in [1.82, 2.24) is 15.2 Å². The molecule has 2 aromatic heterocycles. The molecule has 8 heteroatoms. The number of aliphatic hydroxyl groups excluding tert-OH is 1. The lowest BCUT2D eigenvalue weighted by Gasteiger charge is -2.18. The van der Waals surface area contributed by atoms with E-state index in [1.54, 1.807) is 18.3 Å². The fourth-order valence-electron chi connectivity index (χ4n) is 3.24. The van der Waals surface area contributed by atoms with Crippen molar-refractivity contribution in [2.45, 2.75) is 59.7 Å². The number of hydrogen-bond donors (Lipinski definition) is 3. The highest BCUT2D eigenvalue weighted by molar-refractivity contribution is 7.17. The molecule has 0 saturated heterocycles. The number of nitrogens with zero attached hydrogens (tertiary/aromatic N) is 3. The zero-order chi connectivity index (χ0) is 22.7.